The Morgan fingerprint density at radius 3 is 2.53 bits per heavy atom. The van der Waals surface area contributed by atoms with E-state index in [0.29, 0.717) is 13.2 Å². The maximum absolute atomic E-state index is 12.9. The molecule has 1 fully saturated rings. The predicted molar refractivity (Wildman–Crippen MR) is 58.7 cm³/mol. The average Bonchev–Trinajstić information content (AvgIpc) is 2.43. The Labute approximate surface area is 107 Å². The largest absolute Gasteiger partial charge is 0.376 e. The van der Waals surface area contributed by atoms with Crippen LogP contribution in [0.2, 0.25) is 0 Å². The van der Waals surface area contributed by atoms with Crippen molar-refractivity contribution in [2.75, 3.05) is 19.8 Å². The van der Waals surface area contributed by atoms with Gasteiger partial charge in [-0.1, -0.05) is 0 Å². The first-order chi connectivity index (χ1) is 9.08. The Morgan fingerprint density at radius 2 is 1.95 bits per heavy atom. The van der Waals surface area contributed by atoms with Crippen LogP contribution in [-0.4, -0.2) is 31.8 Å². The molecule has 2 rings (SSSR count). The van der Waals surface area contributed by atoms with E-state index in [4.69, 9.17) is 9.47 Å². The average molecular weight is 275 g/mol. The van der Waals surface area contributed by atoms with Gasteiger partial charge in [-0.05, 0) is 17.7 Å². The normalized spacial score (nSPS) is 19.2. The molecule has 1 aromatic rings. The molecule has 1 N–H and O–H groups in total. The summed E-state index contributed by atoms with van der Waals surface area (Å²) >= 11 is 0. The number of carbonyl (C=O) groups is 1. The Kier molecular flexibility index (Phi) is 4.39. The van der Waals surface area contributed by atoms with Crippen molar-refractivity contribution in [3.63, 3.8) is 0 Å². The summed E-state index contributed by atoms with van der Waals surface area (Å²) in [4.78, 5) is 11.6. The molecule has 19 heavy (non-hydrogen) atoms. The summed E-state index contributed by atoms with van der Waals surface area (Å²) < 4.78 is 48.8. The van der Waals surface area contributed by atoms with E-state index in [-0.39, 0.29) is 18.7 Å². The second-order valence-corrected chi connectivity index (χ2v) is 4.03. The molecule has 1 saturated heterocycles. The van der Waals surface area contributed by atoms with Gasteiger partial charge in [0.05, 0.1) is 19.8 Å². The zero-order chi connectivity index (χ0) is 13.8. The first kappa shape index (κ1) is 13.8. The molecular formula is C12H12F3NO3. The second-order valence-electron chi connectivity index (χ2n) is 4.03. The highest BCUT2D eigenvalue weighted by molar-refractivity contribution is 5.80. The number of rotatable bonds is 3. The lowest BCUT2D eigenvalue weighted by Gasteiger charge is -2.22. The fourth-order valence-electron chi connectivity index (χ4n) is 1.65. The molecule has 1 aromatic carbocycles. The molecule has 104 valence electrons. The number of benzene rings is 1. The third kappa shape index (κ3) is 3.45. The third-order valence-electron chi connectivity index (χ3n) is 2.62. The Bertz CT molecular complexity index is 452. The number of hydrogen-bond acceptors (Lipinski definition) is 3. The van der Waals surface area contributed by atoms with Crippen molar-refractivity contribution in [1.82, 2.24) is 5.32 Å². The fourth-order valence-corrected chi connectivity index (χ4v) is 1.65. The van der Waals surface area contributed by atoms with E-state index in [2.05, 4.69) is 5.32 Å². The summed E-state index contributed by atoms with van der Waals surface area (Å²) in [5.41, 5.74) is 0.126. The van der Waals surface area contributed by atoms with E-state index in [1.807, 2.05) is 0 Å². The molecular weight excluding hydrogens is 263 g/mol. The molecule has 0 aromatic heterocycles. The van der Waals surface area contributed by atoms with Crippen molar-refractivity contribution in [1.29, 1.82) is 0 Å². The highest BCUT2D eigenvalue weighted by Gasteiger charge is 2.22. The summed E-state index contributed by atoms with van der Waals surface area (Å²) in [6.45, 7) is 0.765. The van der Waals surface area contributed by atoms with Gasteiger partial charge in [0.2, 0.25) is 0 Å². The van der Waals surface area contributed by atoms with E-state index in [9.17, 15) is 18.0 Å². The molecule has 0 radical (unpaired) electrons. The van der Waals surface area contributed by atoms with Gasteiger partial charge in [-0.25, -0.2) is 13.2 Å². The van der Waals surface area contributed by atoms with Crippen LogP contribution in [-0.2, 0) is 20.8 Å². The molecule has 0 spiro atoms. The second kappa shape index (κ2) is 6.03. The van der Waals surface area contributed by atoms with Gasteiger partial charge in [0.15, 0.2) is 23.6 Å². The van der Waals surface area contributed by atoms with Crippen LogP contribution in [0.15, 0.2) is 12.1 Å². The molecule has 1 aliphatic rings. The van der Waals surface area contributed by atoms with E-state index in [1.165, 1.54) is 0 Å². The van der Waals surface area contributed by atoms with Gasteiger partial charge in [-0.3, -0.25) is 4.79 Å². The van der Waals surface area contributed by atoms with E-state index in [0.717, 1.165) is 12.1 Å². The van der Waals surface area contributed by atoms with Crippen molar-refractivity contribution >= 4 is 5.91 Å². The van der Waals surface area contributed by atoms with Gasteiger partial charge in [0.25, 0.3) is 5.91 Å². The lowest BCUT2D eigenvalue weighted by Crippen LogP contribution is -2.42. The third-order valence-corrected chi connectivity index (χ3v) is 2.62. The zero-order valence-corrected chi connectivity index (χ0v) is 9.92. The van der Waals surface area contributed by atoms with Crippen LogP contribution in [0, 0.1) is 17.5 Å². The molecule has 4 nitrogen and oxygen atoms in total. The molecule has 1 atom stereocenters. The summed E-state index contributed by atoms with van der Waals surface area (Å²) in [6.07, 6.45) is -0.733. The smallest absolute Gasteiger partial charge is 0.251 e. The molecule has 0 aliphatic carbocycles. The van der Waals surface area contributed by atoms with E-state index >= 15 is 0 Å². The molecule has 0 unspecified atom stereocenters. The SMILES string of the molecule is O=C(NCc1cc(F)c(F)c(F)c1)[C@H]1COCCO1. The van der Waals surface area contributed by atoms with Gasteiger partial charge < -0.3 is 14.8 Å². The maximum Gasteiger partial charge on any atom is 0.251 e. The Morgan fingerprint density at radius 1 is 1.26 bits per heavy atom. The highest BCUT2D eigenvalue weighted by Crippen LogP contribution is 2.13. The molecule has 7 heteroatoms. The van der Waals surface area contributed by atoms with Crippen LogP contribution >= 0.6 is 0 Å². The molecule has 1 amide bonds. The van der Waals surface area contributed by atoms with Crippen LogP contribution in [0.25, 0.3) is 0 Å². The standard InChI is InChI=1S/C12H12F3NO3/c13-8-3-7(4-9(14)11(8)15)5-16-12(17)10-6-18-1-2-19-10/h3-4,10H,1-2,5-6H2,(H,16,17)/t10-/m1/s1. The van der Waals surface area contributed by atoms with E-state index in [1.54, 1.807) is 0 Å². The molecule has 1 heterocycles. The van der Waals surface area contributed by atoms with Crippen molar-refractivity contribution in [3.05, 3.63) is 35.1 Å². The fraction of sp³-hybridized carbons (Fsp3) is 0.417. The minimum absolute atomic E-state index is 0.118. The summed E-state index contributed by atoms with van der Waals surface area (Å²) in [7, 11) is 0. The maximum atomic E-state index is 12.9. The molecule has 0 bridgehead atoms. The van der Waals surface area contributed by atoms with Gasteiger partial charge >= 0.3 is 0 Å². The highest BCUT2D eigenvalue weighted by atomic mass is 19.2. The van der Waals surface area contributed by atoms with Crippen LogP contribution in [0.4, 0.5) is 13.2 Å². The predicted octanol–water partition coefficient (Wildman–Crippen LogP) is 1.14. The van der Waals surface area contributed by atoms with Gasteiger partial charge in [-0.2, -0.15) is 0 Å². The van der Waals surface area contributed by atoms with Crippen LogP contribution in [0.5, 0.6) is 0 Å². The van der Waals surface area contributed by atoms with Crippen molar-refractivity contribution in [2.24, 2.45) is 0 Å². The molecule has 0 saturated carbocycles. The minimum atomic E-state index is -1.53. The lowest BCUT2D eigenvalue weighted by atomic mass is 10.2. The monoisotopic (exact) mass is 275 g/mol. The lowest BCUT2D eigenvalue weighted by molar-refractivity contribution is -0.147. The summed E-state index contributed by atoms with van der Waals surface area (Å²) in [5, 5.41) is 2.44. The number of carbonyl (C=O) groups excluding carboxylic acids is 1. The zero-order valence-electron chi connectivity index (χ0n) is 9.92. The first-order valence-corrected chi connectivity index (χ1v) is 5.68. The van der Waals surface area contributed by atoms with Crippen molar-refractivity contribution in [2.45, 2.75) is 12.6 Å². The number of ether oxygens (including phenoxy) is 2. The number of nitrogens with one attached hydrogen (secondary N) is 1. The number of amides is 1. The van der Waals surface area contributed by atoms with Crippen LogP contribution < -0.4 is 5.32 Å². The Balaban J connectivity index is 1.93. The van der Waals surface area contributed by atoms with Gasteiger partial charge in [0.1, 0.15) is 0 Å². The quantitative estimate of drug-likeness (QED) is 0.841. The van der Waals surface area contributed by atoms with Gasteiger partial charge in [0, 0.05) is 6.54 Å². The van der Waals surface area contributed by atoms with Crippen LogP contribution in [0.3, 0.4) is 0 Å². The minimum Gasteiger partial charge on any atom is -0.376 e. The number of halogens is 3. The number of hydrogen-bond donors (Lipinski definition) is 1. The summed E-state index contributed by atoms with van der Waals surface area (Å²) in [5.74, 6) is -4.55. The van der Waals surface area contributed by atoms with Gasteiger partial charge in [-0.15, -0.1) is 0 Å². The van der Waals surface area contributed by atoms with Crippen molar-refractivity contribution in [3.8, 4) is 0 Å². The topological polar surface area (TPSA) is 47.6 Å². The summed E-state index contributed by atoms with van der Waals surface area (Å²) in [6, 6.07) is 1.66. The first-order valence-electron chi connectivity index (χ1n) is 5.68. The molecule has 1 aliphatic heterocycles. The van der Waals surface area contributed by atoms with Crippen molar-refractivity contribution < 1.29 is 27.4 Å². The Hall–Kier alpha value is -1.60. The van der Waals surface area contributed by atoms with Crippen LogP contribution in [0.1, 0.15) is 5.56 Å². The van der Waals surface area contributed by atoms with E-state index < -0.39 is 29.5 Å².